The van der Waals surface area contributed by atoms with Gasteiger partial charge in [-0.1, -0.05) is 24.6 Å². The minimum atomic E-state index is -3.02. The van der Waals surface area contributed by atoms with Crippen molar-refractivity contribution < 1.29 is 13.5 Å². The summed E-state index contributed by atoms with van der Waals surface area (Å²) in [7, 11) is -3.02. The van der Waals surface area contributed by atoms with E-state index in [-0.39, 0.29) is 16.9 Å². The van der Waals surface area contributed by atoms with Crippen molar-refractivity contribution in [3.05, 3.63) is 29.8 Å². The van der Waals surface area contributed by atoms with Crippen molar-refractivity contribution in [1.82, 2.24) is 0 Å². The molecule has 1 fully saturated rings. The van der Waals surface area contributed by atoms with E-state index in [9.17, 15) is 13.5 Å². The number of phenols is 1. The van der Waals surface area contributed by atoms with Crippen LogP contribution in [0.15, 0.2) is 24.3 Å². The van der Waals surface area contributed by atoms with Crippen molar-refractivity contribution >= 4 is 9.84 Å². The Kier molecular flexibility index (Phi) is 2.70. The average Bonchev–Trinajstić information content (AvgIpc) is 2.11. The number of aromatic hydroxyl groups is 1. The summed E-state index contributed by atoms with van der Waals surface area (Å²) in [6, 6.07) is 7.06. The Bertz CT molecular complexity index is 487. The second-order valence-electron chi connectivity index (χ2n) is 4.72. The van der Waals surface area contributed by atoms with Crippen molar-refractivity contribution in [1.29, 1.82) is 0 Å². The van der Waals surface area contributed by atoms with E-state index in [1.54, 1.807) is 12.1 Å². The Morgan fingerprint density at radius 1 is 1.31 bits per heavy atom. The largest absolute Gasteiger partial charge is 0.508 e. The molecular weight excluding hydrogens is 224 g/mol. The quantitative estimate of drug-likeness (QED) is 0.877. The topological polar surface area (TPSA) is 54.4 Å². The standard InChI is InChI=1S/C12H16O3S/c1-16(14,15)9-12(7-4-8-12)10-5-2-3-6-11(10)13/h2-3,5-6,13H,4,7-9H2,1H3. The van der Waals surface area contributed by atoms with Crippen LogP contribution >= 0.6 is 0 Å². The summed E-state index contributed by atoms with van der Waals surface area (Å²) in [5, 5.41) is 9.81. The van der Waals surface area contributed by atoms with Gasteiger partial charge in [0.1, 0.15) is 15.6 Å². The first-order valence-electron chi connectivity index (χ1n) is 5.39. The molecule has 0 spiro atoms. The SMILES string of the molecule is CS(=O)(=O)CC1(c2ccccc2O)CCC1. The third-order valence-corrected chi connectivity index (χ3v) is 4.40. The number of benzene rings is 1. The summed E-state index contributed by atoms with van der Waals surface area (Å²) in [6.07, 6.45) is 3.98. The highest BCUT2D eigenvalue weighted by Gasteiger charge is 2.42. The molecule has 0 unspecified atom stereocenters. The summed E-state index contributed by atoms with van der Waals surface area (Å²) in [6.45, 7) is 0. The molecule has 0 heterocycles. The fourth-order valence-corrected chi connectivity index (χ4v) is 3.97. The van der Waals surface area contributed by atoms with Gasteiger partial charge in [-0.25, -0.2) is 8.42 Å². The molecule has 0 aromatic heterocycles. The van der Waals surface area contributed by atoms with Gasteiger partial charge in [0.25, 0.3) is 0 Å². The normalized spacial score (nSPS) is 19.1. The zero-order valence-electron chi connectivity index (χ0n) is 9.31. The summed E-state index contributed by atoms with van der Waals surface area (Å²) in [5.74, 6) is 0.350. The number of hydrogen-bond donors (Lipinski definition) is 1. The van der Waals surface area contributed by atoms with E-state index in [0.29, 0.717) is 0 Å². The third kappa shape index (κ3) is 2.07. The molecule has 1 aromatic rings. The minimum Gasteiger partial charge on any atom is -0.508 e. The van der Waals surface area contributed by atoms with Crippen LogP contribution in [0.1, 0.15) is 24.8 Å². The lowest BCUT2D eigenvalue weighted by molar-refractivity contribution is 0.265. The predicted octanol–water partition coefficient (Wildman–Crippen LogP) is 1.86. The molecule has 0 saturated heterocycles. The van der Waals surface area contributed by atoms with Crippen molar-refractivity contribution in [2.75, 3.05) is 12.0 Å². The van der Waals surface area contributed by atoms with Crippen molar-refractivity contribution in [3.63, 3.8) is 0 Å². The fraction of sp³-hybridized carbons (Fsp3) is 0.500. The van der Waals surface area contributed by atoms with Gasteiger partial charge < -0.3 is 5.11 Å². The number of rotatable bonds is 3. The van der Waals surface area contributed by atoms with Gasteiger partial charge in [0, 0.05) is 17.2 Å². The molecule has 4 heteroatoms. The van der Waals surface area contributed by atoms with E-state index in [4.69, 9.17) is 0 Å². The highest BCUT2D eigenvalue weighted by molar-refractivity contribution is 7.90. The van der Waals surface area contributed by atoms with Gasteiger partial charge in [0.2, 0.25) is 0 Å². The summed E-state index contributed by atoms with van der Waals surface area (Å²) in [5.41, 5.74) is 0.436. The predicted molar refractivity (Wildman–Crippen MR) is 63.3 cm³/mol. The maximum atomic E-state index is 11.4. The molecule has 88 valence electrons. The molecule has 0 atom stereocenters. The molecule has 1 aliphatic rings. The van der Waals surface area contributed by atoms with E-state index >= 15 is 0 Å². The average molecular weight is 240 g/mol. The van der Waals surface area contributed by atoms with Crippen LogP contribution in [-0.2, 0) is 15.3 Å². The first-order valence-corrected chi connectivity index (χ1v) is 7.45. The lowest BCUT2D eigenvalue weighted by Crippen LogP contribution is -2.40. The number of phenolic OH excluding ortho intramolecular Hbond substituents is 1. The molecule has 2 rings (SSSR count). The summed E-state index contributed by atoms with van der Waals surface area (Å²) in [4.78, 5) is 0. The molecular formula is C12H16O3S. The number of hydrogen-bond acceptors (Lipinski definition) is 3. The minimum absolute atomic E-state index is 0.136. The number of sulfone groups is 1. The zero-order valence-corrected chi connectivity index (χ0v) is 10.1. The zero-order chi connectivity index (χ0) is 11.8. The van der Waals surface area contributed by atoms with Gasteiger partial charge >= 0.3 is 0 Å². The third-order valence-electron chi connectivity index (χ3n) is 3.32. The highest BCUT2D eigenvalue weighted by Crippen LogP contribution is 2.47. The maximum Gasteiger partial charge on any atom is 0.148 e. The van der Waals surface area contributed by atoms with Crippen LogP contribution < -0.4 is 0 Å². The Labute approximate surface area is 96.0 Å². The monoisotopic (exact) mass is 240 g/mol. The van der Waals surface area contributed by atoms with Gasteiger partial charge in [0.15, 0.2) is 0 Å². The Balaban J connectivity index is 2.39. The Morgan fingerprint density at radius 2 is 1.94 bits per heavy atom. The lowest BCUT2D eigenvalue weighted by atomic mass is 9.65. The molecule has 0 amide bonds. The molecule has 0 bridgehead atoms. The van der Waals surface area contributed by atoms with Crippen LogP contribution in [0, 0.1) is 0 Å². The molecule has 16 heavy (non-hydrogen) atoms. The second kappa shape index (κ2) is 3.77. The van der Waals surface area contributed by atoms with Gasteiger partial charge in [-0.15, -0.1) is 0 Å². The Morgan fingerprint density at radius 3 is 2.38 bits per heavy atom. The molecule has 0 radical (unpaired) electrons. The smallest absolute Gasteiger partial charge is 0.148 e. The summed E-state index contributed by atoms with van der Waals surface area (Å²) >= 11 is 0. The van der Waals surface area contributed by atoms with Crippen LogP contribution in [0.25, 0.3) is 0 Å². The molecule has 3 nitrogen and oxygen atoms in total. The first-order chi connectivity index (χ1) is 7.43. The Hall–Kier alpha value is -1.03. The molecule has 1 aliphatic carbocycles. The van der Waals surface area contributed by atoms with Gasteiger partial charge in [-0.3, -0.25) is 0 Å². The van der Waals surface area contributed by atoms with E-state index in [1.165, 1.54) is 6.26 Å². The van der Waals surface area contributed by atoms with Crippen molar-refractivity contribution in [2.45, 2.75) is 24.7 Å². The molecule has 1 N–H and O–H groups in total. The second-order valence-corrected chi connectivity index (χ2v) is 6.86. The fourth-order valence-electron chi connectivity index (χ4n) is 2.52. The van der Waals surface area contributed by atoms with Crippen LogP contribution in [0.2, 0.25) is 0 Å². The van der Waals surface area contributed by atoms with E-state index in [1.807, 2.05) is 12.1 Å². The molecule has 1 aromatic carbocycles. The van der Waals surface area contributed by atoms with Crippen LogP contribution in [-0.4, -0.2) is 25.5 Å². The van der Waals surface area contributed by atoms with E-state index in [2.05, 4.69) is 0 Å². The van der Waals surface area contributed by atoms with Gasteiger partial charge in [0.05, 0.1) is 5.75 Å². The maximum absolute atomic E-state index is 11.4. The van der Waals surface area contributed by atoms with Crippen LogP contribution in [0.3, 0.4) is 0 Å². The lowest BCUT2D eigenvalue weighted by Gasteiger charge is -2.42. The van der Waals surface area contributed by atoms with Crippen molar-refractivity contribution in [2.24, 2.45) is 0 Å². The van der Waals surface area contributed by atoms with Crippen LogP contribution in [0.4, 0.5) is 0 Å². The summed E-state index contributed by atoms with van der Waals surface area (Å²) < 4.78 is 22.9. The van der Waals surface area contributed by atoms with Crippen LogP contribution in [0.5, 0.6) is 5.75 Å². The van der Waals surface area contributed by atoms with E-state index in [0.717, 1.165) is 24.8 Å². The van der Waals surface area contributed by atoms with E-state index < -0.39 is 9.84 Å². The highest BCUT2D eigenvalue weighted by atomic mass is 32.2. The van der Waals surface area contributed by atoms with Crippen molar-refractivity contribution in [3.8, 4) is 5.75 Å². The molecule has 0 aliphatic heterocycles. The first kappa shape index (κ1) is 11.5. The molecule has 1 saturated carbocycles. The number of para-hydroxylation sites is 1. The van der Waals surface area contributed by atoms with Gasteiger partial charge in [-0.05, 0) is 18.9 Å². The van der Waals surface area contributed by atoms with Gasteiger partial charge in [-0.2, -0.15) is 0 Å².